The van der Waals surface area contributed by atoms with Gasteiger partial charge in [-0.15, -0.1) is 11.3 Å². The molecule has 3 aromatic rings. The number of aryl methyl sites for hydroxylation is 2. The highest BCUT2D eigenvalue weighted by Gasteiger charge is 2.21. The van der Waals surface area contributed by atoms with Gasteiger partial charge in [-0.3, -0.25) is 9.59 Å². The van der Waals surface area contributed by atoms with Gasteiger partial charge in [-0.2, -0.15) is 0 Å². The van der Waals surface area contributed by atoms with E-state index in [2.05, 4.69) is 28.2 Å². The predicted molar refractivity (Wildman–Crippen MR) is 123 cm³/mol. The number of aromatic nitrogens is 2. The van der Waals surface area contributed by atoms with E-state index < -0.39 is 5.25 Å². The minimum atomic E-state index is -0.445. The molecular weight excluding hydrogens is 416 g/mol. The fraction of sp³-hybridized carbons (Fsp3) is 0.435. The maximum atomic E-state index is 12.9. The highest BCUT2D eigenvalue weighted by molar-refractivity contribution is 8.00. The SMILES string of the molecule is CCC(C)OC(=O)C(C)Sc1nc2scc(-c3ccc4c(c3)CCCC4)c2c(=O)[nH]1. The van der Waals surface area contributed by atoms with Crippen LogP contribution in [0.4, 0.5) is 0 Å². The minimum Gasteiger partial charge on any atom is -0.462 e. The molecule has 158 valence electrons. The van der Waals surface area contributed by atoms with Gasteiger partial charge in [-0.05, 0) is 62.6 Å². The molecule has 1 aromatic carbocycles. The molecule has 0 amide bonds. The van der Waals surface area contributed by atoms with Gasteiger partial charge in [0, 0.05) is 10.9 Å². The largest absolute Gasteiger partial charge is 0.462 e. The number of nitrogens with zero attached hydrogens (tertiary/aromatic N) is 1. The minimum absolute atomic E-state index is 0.119. The molecule has 0 radical (unpaired) electrons. The summed E-state index contributed by atoms with van der Waals surface area (Å²) >= 11 is 2.69. The number of hydrogen-bond acceptors (Lipinski definition) is 6. The van der Waals surface area contributed by atoms with Crippen LogP contribution in [0.25, 0.3) is 21.3 Å². The quantitative estimate of drug-likeness (QED) is 0.316. The van der Waals surface area contributed by atoms with Crippen molar-refractivity contribution in [2.24, 2.45) is 0 Å². The molecule has 30 heavy (non-hydrogen) atoms. The summed E-state index contributed by atoms with van der Waals surface area (Å²) < 4.78 is 5.38. The van der Waals surface area contributed by atoms with Crippen LogP contribution in [0.5, 0.6) is 0 Å². The van der Waals surface area contributed by atoms with Crippen molar-refractivity contribution in [3.8, 4) is 11.1 Å². The van der Waals surface area contributed by atoms with Crippen LogP contribution in [0.2, 0.25) is 0 Å². The lowest BCUT2D eigenvalue weighted by molar-refractivity contribution is -0.147. The summed E-state index contributed by atoms with van der Waals surface area (Å²) in [5.41, 5.74) is 4.65. The lowest BCUT2D eigenvalue weighted by Gasteiger charge is -2.16. The summed E-state index contributed by atoms with van der Waals surface area (Å²) in [7, 11) is 0. The topological polar surface area (TPSA) is 72.0 Å². The molecule has 1 aliphatic rings. The van der Waals surface area contributed by atoms with E-state index in [1.54, 1.807) is 6.92 Å². The highest BCUT2D eigenvalue weighted by atomic mass is 32.2. The van der Waals surface area contributed by atoms with E-state index in [-0.39, 0.29) is 17.6 Å². The predicted octanol–water partition coefficient (Wildman–Crippen LogP) is 5.35. The van der Waals surface area contributed by atoms with Gasteiger partial charge in [0.05, 0.1) is 11.5 Å². The first-order valence-electron chi connectivity index (χ1n) is 10.5. The molecule has 0 saturated heterocycles. The van der Waals surface area contributed by atoms with Crippen molar-refractivity contribution in [2.75, 3.05) is 0 Å². The Morgan fingerprint density at radius 2 is 2.03 bits per heavy atom. The third-order valence-corrected chi connectivity index (χ3v) is 7.43. The van der Waals surface area contributed by atoms with Crippen LogP contribution in [0.15, 0.2) is 33.5 Å². The third-order valence-electron chi connectivity index (χ3n) is 5.59. The number of carbonyl (C=O) groups is 1. The summed E-state index contributed by atoms with van der Waals surface area (Å²) in [6, 6.07) is 6.54. The summed E-state index contributed by atoms with van der Waals surface area (Å²) in [6.45, 7) is 5.61. The number of H-pyrrole nitrogens is 1. The molecule has 2 aromatic heterocycles. The van der Waals surface area contributed by atoms with E-state index in [0.717, 1.165) is 30.4 Å². The van der Waals surface area contributed by atoms with Gasteiger partial charge in [0.1, 0.15) is 10.1 Å². The average Bonchev–Trinajstić information content (AvgIpc) is 3.17. The number of thioether (sulfide) groups is 1. The van der Waals surface area contributed by atoms with Gasteiger partial charge in [0.2, 0.25) is 0 Å². The van der Waals surface area contributed by atoms with Crippen molar-refractivity contribution in [2.45, 2.75) is 69.4 Å². The first-order chi connectivity index (χ1) is 14.5. The smallest absolute Gasteiger partial charge is 0.319 e. The molecule has 5 nitrogen and oxygen atoms in total. The zero-order valence-electron chi connectivity index (χ0n) is 17.5. The van der Waals surface area contributed by atoms with Crippen LogP contribution in [0.1, 0.15) is 51.2 Å². The summed E-state index contributed by atoms with van der Waals surface area (Å²) in [5, 5.41) is 2.63. The standard InChI is InChI=1S/C23H26N2O3S2/c1-4-13(2)28-22(27)14(3)30-23-24-20(26)19-18(12-29-21(19)25-23)17-10-9-15-7-5-6-8-16(15)11-17/h9-14H,4-8H2,1-3H3,(H,24,25,26). The monoisotopic (exact) mass is 442 g/mol. The second-order valence-electron chi connectivity index (χ2n) is 7.81. The van der Waals surface area contributed by atoms with Crippen molar-refractivity contribution in [3.63, 3.8) is 0 Å². The molecular formula is C23H26N2O3S2. The van der Waals surface area contributed by atoms with Gasteiger partial charge < -0.3 is 9.72 Å². The van der Waals surface area contributed by atoms with Gasteiger partial charge in [0.15, 0.2) is 5.16 Å². The molecule has 7 heteroatoms. The number of aromatic amines is 1. The Labute approximate surface area is 184 Å². The number of benzene rings is 1. The molecule has 0 aliphatic heterocycles. The van der Waals surface area contributed by atoms with Gasteiger partial charge in [-0.1, -0.05) is 36.9 Å². The fourth-order valence-electron chi connectivity index (χ4n) is 3.69. The Hall–Kier alpha value is -2.12. The van der Waals surface area contributed by atoms with Crippen LogP contribution >= 0.6 is 23.1 Å². The maximum Gasteiger partial charge on any atom is 0.319 e. The van der Waals surface area contributed by atoms with Crippen molar-refractivity contribution in [3.05, 3.63) is 45.1 Å². The van der Waals surface area contributed by atoms with E-state index in [4.69, 9.17) is 4.74 Å². The molecule has 2 atom stereocenters. The second kappa shape index (κ2) is 8.94. The molecule has 1 N–H and O–H groups in total. The number of rotatable bonds is 6. The van der Waals surface area contributed by atoms with Gasteiger partial charge in [-0.25, -0.2) is 4.98 Å². The van der Waals surface area contributed by atoms with Crippen LogP contribution in [0.3, 0.4) is 0 Å². The van der Waals surface area contributed by atoms with Crippen molar-refractivity contribution in [1.29, 1.82) is 0 Å². The number of thiophene rings is 1. The van der Waals surface area contributed by atoms with Gasteiger partial charge in [0.25, 0.3) is 5.56 Å². The van der Waals surface area contributed by atoms with E-state index in [1.807, 2.05) is 19.2 Å². The molecule has 0 saturated carbocycles. The zero-order valence-corrected chi connectivity index (χ0v) is 19.1. The van der Waals surface area contributed by atoms with Crippen LogP contribution in [-0.4, -0.2) is 27.3 Å². The van der Waals surface area contributed by atoms with Gasteiger partial charge >= 0.3 is 5.97 Å². The number of nitrogens with one attached hydrogen (secondary N) is 1. The number of carbonyl (C=O) groups excluding carboxylic acids is 1. The fourth-order valence-corrected chi connectivity index (χ4v) is 5.48. The van der Waals surface area contributed by atoms with Crippen LogP contribution in [-0.2, 0) is 22.4 Å². The normalized spacial score (nSPS) is 15.6. The first kappa shape index (κ1) is 21.1. The lowest BCUT2D eigenvalue weighted by atomic mass is 9.89. The maximum absolute atomic E-state index is 12.9. The number of hydrogen-bond donors (Lipinski definition) is 1. The van der Waals surface area contributed by atoms with E-state index in [9.17, 15) is 9.59 Å². The van der Waals surface area contributed by atoms with Crippen LogP contribution < -0.4 is 5.56 Å². The molecule has 0 spiro atoms. The lowest BCUT2D eigenvalue weighted by Crippen LogP contribution is -2.22. The molecule has 1 aliphatic carbocycles. The first-order valence-corrected chi connectivity index (χ1v) is 12.2. The molecule has 4 rings (SSSR count). The summed E-state index contributed by atoms with van der Waals surface area (Å²) in [4.78, 5) is 33.3. The Morgan fingerprint density at radius 3 is 2.80 bits per heavy atom. The molecule has 0 bridgehead atoms. The number of fused-ring (bicyclic) bond motifs is 2. The zero-order chi connectivity index (χ0) is 21.3. The molecule has 2 heterocycles. The van der Waals surface area contributed by atoms with Crippen molar-refractivity contribution in [1.82, 2.24) is 9.97 Å². The van der Waals surface area contributed by atoms with E-state index >= 15 is 0 Å². The molecule has 2 unspecified atom stereocenters. The number of esters is 1. The Bertz CT molecular complexity index is 1140. The third kappa shape index (κ3) is 4.32. The molecule has 0 fully saturated rings. The summed E-state index contributed by atoms with van der Waals surface area (Å²) in [5.74, 6) is -0.293. The van der Waals surface area contributed by atoms with Crippen molar-refractivity contribution < 1.29 is 9.53 Å². The average molecular weight is 443 g/mol. The van der Waals surface area contributed by atoms with E-state index in [1.165, 1.54) is 47.1 Å². The number of ether oxygens (including phenoxy) is 1. The summed E-state index contributed by atoms with van der Waals surface area (Å²) in [6.07, 6.45) is 5.37. The van der Waals surface area contributed by atoms with Crippen LogP contribution in [0, 0.1) is 0 Å². The van der Waals surface area contributed by atoms with E-state index in [0.29, 0.717) is 15.4 Å². The second-order valence-corrected chi connectivity index (χ2v) is 9.99. The Morgan fingerprint density at radius 1 is 1.27 bits per heavy atom. The Kier molecular flexibility index (Phi) is 6.29. The Balaban J connectivity index is 1.61. The van der Waals surface area contributed by atoms with Crippen molar-refractivity contribution >= 4 is 39.3 Å². The highest BCUT2D eigenvalue weighted by Crippen LogP contribution is 2.34.